The van der Waals surface area contributed by atoms with Crippen LogP contribution in [0.2, 0.25) is 5.02 Å². The van der Waals surface area contributed by atoms with Gasteiger partial charge in [-0.25, -0.2) is 12.8 Å². The molecule has 3 rings (SSSR count). The van der Waals surface area contributed by atoms with E-state index in [-0.39, 0.29) is 35.5 Å². The van der Waals surface area contributed by atoms with Gasteiger partial charge in [-0.05, 0) is 74.4 Å². The second-order valence-electron chi connectivity index (χ2n) is 9.04. The van der Waals surface area contributed by atoms with Crippen molar-refractivity contribution in [3.8, 4) is 0 Å². The lowest BCUT2D eigenvalue weighted by molar-refractivity contribution is -0.140. The van der Waals surface area contributed by atoms with Crippen molar-refractivity contribution in [3.63, 3.8) is 0 Å². The largest absolute Gasteiger partial charge is 0.352 e. The van der Waals surface area contributed by atoms with E-state index in [0.29, 0.717) is 10.6 Å². The van der Waals surface area contributed by atoms with Crippen molar-refractivity contribution in [2.24, 2.45) is 0 Å². The predicted molar refractivity (Wildman–Crippen MR) is 147 cm³/mol. The van der Waals surface area contributed by atoms with E-state index in [9.17, 15) is 22.4 Å². The van der Waals surface area contributed by atoms with Gasteiger partial charge in [0.1, 0.15) is 18.4 Å². The monoisotopic (exact) mass is 559 g/mol. The number of hydrogen-bond acceptors (Lipinski definition) is 4. The third-order valence-corrected chi connectivity index (χ3v) is 7.85. The summed E-state index contributed by atoms with van der Waals surface area (Å²) in [6.07, 6.45) is 0.290. The Morgan fingerprint density at radius 1 is 0.947 bits per heavy atom. The lowest BCUT2D eigenvalue weighted by atomic mass is 10.1. The van der Waals surface area contributed by atoms with Crippen molar-refractivity contribution in [1.82, 2.24) is 10.2 Å². The molecule has 0 aliphatic rings. The zero-order valence-corrected chi connectivity index (χ0v) is 23.0. The lowest BCUT2D eigenvalue weighted by Crippen LogP contribution is -2.53. The van der Waals surface area contributed by atoms with Crippen LogP contribution in [-0.2, 0) is 26.2 Å². The van der Waals surface area contributed by atoms with E-state index >= 15 is 0 Å². The van der Waals surface area contributed by atoms with Gasteiger partial charge in [0.25, 0.3) is 10.0 Å². The van der Waals surface area contributed by atoms with Crippen LogP contribution in [0.3, 0.4) is 0 Å². The molecule has 202 valence electrons. The topological polar surface area (TPSA) is 86.8 Å². The molecule has 1 atom stereocenters. The zero-order valence-electron chi connectivity index (χ0n) is 21.5. The van der Waals surface area contributed by atoms with E-state index in [0.717, 1.165) is 4.31 Å². The molecule has 0 aliphatic carbocycles. The number of hydrogen-bond donors (Lipinski definition) is 1. The second kappa shape index (κ2) is 12.9. The highest BCUT2D eigenvalue weighted by molar-refractivity contribution is 7.92. The van der Waals surface area contributed by atoms with Gasteiger partial charge in [0.15, 0.2) is 0 Å². The summed E-state index contributed by atoms with van der Waals surface area (Å²) >= 11 is 6.03. The first kappa shape index (κ1) is 29.1. The van der Waals surface area contributed by atoms with Crippen LogP contribution in [0.25, 0.3) is 0 Å². The Bertz CT molecular complexity index is 1330. The van der Waals surface area contributed by atoms with Gasteiger partial charge < -0.3 is 10.2 Å². The van der Waals surface area contributed by atoms with Gasteiger partial charge >= 0.3 is 0 Å². The number of anilines is 1. The number of halogens is 2. The standard InChI is InChI=1S/C28H31ClFN3O4S/c1-4-26(28(35)31-20(2)3)32(18-21-10-14-23(30)15-11-21)27(34)19-33(24-16-12-22(29)13-17-24)38(36,37)25-8-6-5-7-9-25/h5-17,20,26H,4,18-19H2,1-3H3,(H,31,35). The summed E-state index contributed by atoms with van der Waals surface area (Å²) in [4.78, 5) is 28.3. The van der Waals surface area contributed by atoms with E-state index in [1.165, 1.54) is 65.6 Å². The van der Waals surface area contributed by atoms with Gasteiger partial charge in [-0.15, -0.1) is 0 Å². The zero-order chi connectivity index (χ0) is 27.9. The molecule has 38 heavy (non-hydrogen) atoms. The fourth-order valence-corrected chi connectivity index (χ4v) is 5.50. The van der Waals surface area contributed by atoms with Crippen LogP contribution in [0.4, 0.5) is 10.1 Å². The molecule has 0 saturated heterocycles. The van der Waals surface area contributed by atoms with Crippen LogP contribution in [0, 0.1) is 5.82 Å². The fourth-order valence-electron chi connectivity index (χ4n) is 3.94. The highest BCUT2D eigenvalue weighted by atomic mass is 35.5. The lowest BCUT2D eigenvalue weighted by Gasteiger charge is -2.33. The van der Waals surface area contributed by atoms with Gasteiger partial charge in [0.05, 0.1) is 10.6 Å². The summed E-state index contributed by atoms with van der Waals surface area (Å²) in [6.45, 7) is 4.82. The third kappa shape index (κ3) is 7.33. The van der Waals surface area contributed by atoms with Crippen molar-refractivity contribution in [2.75, 3.05) is 10.8 Å². The molecule has 1 unspecified atom stereocenters. The van der Waals surface area contributed by atoms with Gasteiger partial charge in [-0.3, -0.25) is 13.9 Å². The minimum absolute atomic E-state index is 0.0109. The minimum Gasteiger partial charge on any atom is -0.352 e. The molecular weight excluding hydrogens is 529 g/mol. The van der Waals surface area contributed by atoms with Crippen molar-refractivity contribution < 1.29 is 22.4 Å². The maximum atomic E-state index is 13.9. The second-order valence-corrected chi connectivity index (χ2v) is 11.3. The minimum atomic E-state index is -4.15. The number of nitrogens with zero attached hydrogens (tertiary/aromatic N) is 2. The van der Waals surface area contributed by atoms with Crippen molar-refractivity contribution in [3.05, 3.63) is 95.3 Å². The average Bonchev–Trinajstić information content (AvgIpc) is 2.89. The van der Waals surface area contributed by atoms with E-state index in [1.54, 1.807) is 25.1 Å². The average molecular weight is 560 g/mol. The quantitative estimate of drug-likeness (QED) is 0.358. The Balaban J connectivity index is 2.04. The van der Waals surface area contributed by atoms with Gasteiger partial charge in [-0.2, -0.15) is 0 Å². The molecular formula is C28H31ClFN3O4S. The van der Waals surface area contributed by atoms with Crippen molar-refractivity contribution >= 4 is 39.1 Å². The first-order valence-electron chi connectivity index (χ1n) is 12.2. The molecule has 0 heterocycles. The molecule has 1 N–H and O–H groups in total. The highest BCUT2D eigenvalue weighted by Crippen LogP contribution is 2.26. The van der Waals surface area contributed by atoms with Crippen LogP contribution in [0.1, 0.15) is 32.8 Å². The van der Waals surface area contributed by atoms with E-state index in [2.05, 4.69) is 5.32 Å². The number of rotatable bonds is 11. The Morgan fingerprint density at radius 3 is 2.11 bits per heavy atom. The molecule has 0 fully saturated rings. The normalized spacial score (nSPS) is 12.2. The molecule has 3 aromatic rings. The number of benzene rings is 3. The maximum Gasteiger partial charge on any atom is 0.264 e. The van der Waals surface area contributed by atoms with Crippen molar-refractivity contribution in [1.29, 1.82) is 0 Å². The first-order chi connectivity index (χ1) is 18.0. The summed E-state index contributed by atoms with van der Waals surface area (Å²) < 4.78 is 41.9. The van der Waals surface area contributed by atoms with E-state index < -0.39 is 34.3 Å². The Kier molecular flexibility index (Phi) is 9.88. The summed E-state index contributed by atoms with van der Waals surface area (Å²) in [5, 5.41) is 3.24. The number of nitrogens with one attached hydrogen (secondary N) is 1. The van der Waals surface area contributed by atoms with Gasteiger partial charge in [0.2, 0.25) is 11.8 Å². The van der Waals surface area contributed by atoms with Crippen LogP contribution in [-0.4, -0.2) is 43.8 Å². The molecule has 2 amide bonds. The van der Waals surface area contributed by atoms with Crippen molar-refractivity contribution in [2.45, 2.75) is 50.7 Å². The van der Waals surface area contributed by atoms with Crippen LogP contribution >= 0.6 is 11.6 Å². The number of carbonyl (C=O) groups is 2. The Morgan fingerprint density at radius 2 is 1.55 bits per heavy atom. The Labute approximate surface area is 228 Å². The predicted octanol–water partition coefficient (Wildman–Crippen LogP) is 5.01. The highest BCUT2D eigenvalue weighted by Gasteiger charge is 2.33. The van der Waals surface area contributed by atoms with Gasteiger partial charge in [0, 0.05) is 17.6 Å². The summed E-state index contributed by atoms with van der Waals surface area (Å²) in [5.41, 5.74) is 0.840. The summed E-state index contributed by atoms with van der Waals surface area (Å²) in [5.74, 6) is -1.38. The smallest absolute Gasteiger partial charge is 0.264 e. The molecule has 0 aromatic heterocycles. The maximum absolute atomic E-state index is 13.9. The molecule has 7 nitrogen and oxygen atoms in total. The van der Waals surface area contributed by atoms with Crippen LogP contribution < -0.4 is 9.62 Å². The van der Waals surface area contributed by atoms with E-state index in [1.807, 2.05) is 13.8 Å². The molecule has 3 aromatic carbocycles. The van der Waals surface area contributed by atoms with Crippen LogP contribution in [0.15, 0.2) is 83.8 Å². The van der Waals surface area contributed by atoms with E-state index in [4.69, 9.17) is 11.6 Å². The molecule has 0 bridgehead atoms. The number of carbonyl (C=O) groups excluding carboxylic acids is 2. The third-order valence-electron chi connectivity index (χ3n) is 5.81. The van der Waals surface area contributed by atoms with Crippen LogP contribution in [0.5, 0.6) is 0 Å². The fraction of sp³-hybridized carbons (Fsp3) is 0.286. The molecule has 0 saturated carbocycles. The summed E-state index contributed by atoms with van der Waals surface area (Å²) in [6, 6.07) is 18.5. The molecule has 0 radical (unpaired) electrons. The number of amides is 2. The molecule has 0 aliphatic heterocycles. The molecule has 10 heteroatoms. The van der Waals surface area contributed by atoms with Gasteiger partial charge in [-0.1, -0.05) is 48.9 Å². The SMILES string of the molecule is CCC(C(=O)NC(C)C)N(Cc1ccc(F)cc1)C(=O)CN(c1ccc(Cl)cc1)S(=O)(=O)c1ccccc1. The Hall–Kier alpha value is -3.43. The molecule has 0 spiro atoms. The summed E-state index contributed by atoms with van der Waals surface area (Å²) in [7, 11) is -4.15. The number of sulfonamides is 1. The first-order valence-corrected chi connectivity index (χ1v) is 14.0.